The molecular weight excluding hydrogens is 384 g/mol. The molecule has 0 aromatic heterocycles. The largest absolute Gasteiger partial charge is 0.445 e. The zero-order valence-electron chi connectivity index (χ0n) is 19.0. The van der Waals surface area contributed by atoms with Gasteiger partial charge in [0.2, 0.25) is 0 Å². The molecule has 7 nitrogen and oxygen atoms in total. The molecule has 1 aliphatic heterocycles. The minimum Gasteiger partial charge on any atom is -0.445 e. The summed E-state index contributed by atoms with van der Waals surface area (Å²) in [6.07, 6.45) is -0.514. The van der Waals surface area contributed by atoms with Crippen LogP contribution in [0.1, 0.15) is 46.6 Å². The van der Waals surface area contributed by atoms with E-state index in [1.807, 2.05) is 56.0 Å². The van der Waals surface area contributed by atoms with Gasteiger partial charge < -0.3 is 19.8 Å². The van der Waals surface area contributed by atoms with Crippen molar-refractivity contribution >= 4 is 6.09 Å². The number of aliphatic hydroxyl groups is 1. The van der Waals surface area contributed by atoms with Crippen LogP contribution in [0.5, 0.6) is 0 Å². The Labute approximate surface area is 180 Å². The third-order valence-corrected chi connectivity index (χ3v) is 5.04. The molecule has 1 amide bonds. The van der Waals surface area contributed by atoms with Crippen LogP contribution in [0, 0.1) is 11.8 Å². The van der Waals surface area contributed by atoms with Gasteiger partial charge in [-0.3, -0.25) is 4.74 Å². The van der Waals surface area contributed by atoms with Gasteiger partial charge in [0.15, 0.2) is 0 Å². The number of nitrogens with zero attached hydrogens (tertiary/aromatic N) is 2. The Balaban J connectivity index is 2.11. The molecule has 3 N–H and O–H groups in total. The number of carbonyl (C=O) groups is 1. The molecule has 1 aliphatic rings. The number of amides is 1. The van der Waals surface area contributed by atoms with Gasteiger partial charge in [-0.1, -0.05) is 44.2 Å². The fraction of sp³-hybridized carbons (Fsp3) is 0.696. The summed E-state index contributed by atoms with van der Waals surface area (Å²) in [6.45, 7) is 11.8. The number of benzene rings is 1. The smallest absolute Gasteiger partial charge is 0.410 e. The normalized spacial score (nSPS) is 21.5. The van der Waals surface area contributed by atoms with Crippen LogP contribution in [-0.4, -0.2) is 70.4 Å². The van der Waals surface area contributed by atoms with Crippen LogP contribution in [0.3, 0.4) is 0 Å². The monoisotopic (exact) mass is 423 g/mol. The molecule has 0 bridgehead atoms. The first-order valence-corrected chi connectivity index (χ1v) is 10.8. The summed E-state index contributed by atoms with van der Waals surface area (Å²) in [5.41, 5.74) is 0.499. The number of aliphatic hydroxyl groups excluding tert-OH is 1. The van der Waals surface area contributed by atoms with E-state index >= 15 is 0 Å². The summed E-state index contributed by atoms with van der Waals surface area (Å²) < 4.78 is 11.4. The van der Waals surface area contributed by atoms with Crippen LogP contribution in [0.4, 0.5) is 4.79 Å². The van der Waals surface area contributed by atoms with Crippen LogP contribution < -0.4 is 0 Å². The predicted molar refractivity (Wildman–Crippen MR) is 117 cm³/mol. The van der Waals surface area contributed by atoms with Gasteiger partial charge in [-0.15, -0.1) is 0 Å². The number of carbonyl (C=O) groups excluding carboxylic acids is 1. The molecule has 1 fully saturated rings. The van der Waals surface area contributed by atoms with Crippen LogP contribution >= 0.6 is 0 Å². The van der Waals surface area contributed by atoms with E-state index in [9.17, 15) is 9.90 Å². The van der Waals surface area contributed by atoms with Crippen LogP contribution in [-0.2, 0) is 16.1 Å². The highest BCUT2D eigenvalue weighted by Gasteiger charge is 2.39. The Morgan fingerprint density at radius 2 is 1.93 bits per heavy atom. The van der Waals surface area contributed by atoms with E-state index in [1.165, 1.54) is 0 Å². The van der Waals surface area contributed by atoms with Crippen LogP contribution in [0.2, 0.25) is 0 Å². The Morgan fingerprint density at radius 3 is 2.50 bits per heavy atom. The average Bonchev–Trinajstić information content (AvgIpc) is 2.69. The first-order valence-electron chi connectivity index (χ1n) is 10.8. The fourth-order valence-corrected chi connectivity index (χ4v) is 3.74. The average molecular weight is 424 g/mol. The maximum absolute atomic E-state index is 13.0. The Morgan fingerprint density at radius 1 is 1.27 bits per heavy atom. The lowest BCUT2D eigenvalue weighted by Gasteiger charge is -2.43. The highest BCUT2D eigenvalue weighted by molar-refractivity contribution is 5.68. The molecule has 1 aromatic carbocycles. The third kappa shape index (κ3) is 7.87. The summed E-state index contributed by atoms with van der Waals surface area (Å²) in [5.74, 6) is 0.256. The van der Waals surface area contributed by atoms with E-state index < -0.39 is 12.0 Å². The standard InChI is InChI=1S/C23H38N2O5/c1-17(2)12-25(22(28)29-16-18-9-7-6-8-10-18)20-11-19(15-26)13-24(14-20)21(27)30-23(3,4)5/h6-10,17,19-21,26-27H,11-16H2,1-5H3/p+1. The van der Waals surface area contributed by atoms with Gasteiger partial charge in [0.1, 0.15) is 6.61 Å². The molecule has 7 heteroatoms. The molecule has 170 valence electrons. The van der Waals surface area contributed by atoms with Crippen molar-refractivity contribution in [3.63, 3.8) is 0 Å². The Hall–Kier alpha value is -1.67. The van der Waals surface area contributed by atoms with Gasteiger partial charge in [-0.25, -0.2) is 9.69 Å². The van der Waals surface area contributed by atoms with Gasteiger partial charge in [0.05, 0.1) is 5.60 Å². The van der Waals surface area contributed by atoms with Crippen molar-refractivity contribution in [2.24, 2.45) is 11.8 Å². The van der Waals surface area contributed by atoms with E-state index in [2.05, 4.69) is 13.8 Å². The predicted octanol–water partition coefficient (Wildman–Crippen LogP) is 2.79. The minimum absolute atomic E-state index is 0.0169. The van der Waals surface area contributed by atoms with Crippen molar-refractivity contribution in [2.75, 3.05) is 26.2 Å². The number of ether oxygens (including phenoxy) is 2. The second-order valence-corrected chi connectivity index (χ2v) is 9.56. The van der Waals surface area contributed by atoms with Gasteiger partial charge in [0, 0.05) is 32.3 Å². The highest BCUT2D eigenvalue weighted by Crippen LogP contribution is 2.25. The lowest BCUT2D eigenvalue weighted by molar-refractivity contribution is -0.249. The van der Waals surface area contributed by atoms with E-state index in [4.69, 9.17) is 14.6 Å². The molecule has 0 radical (unpaired) electrons. The molecule has 1 saturated heterocycles. The topological polar surface area (TPSA) is 85.1 Å². The van der Waals surface area contributed by atoms with Crippen molar-refractivity contribution in [3.8, 4) is 0 Å². The van der Waals surface area contributed by atoms with Gasteiger partial charge in [-0.05, 0) is 44.6 Å². The molecule has 1 heterocycles. The second kappa shape index (κ2) is 11.1. The lowest BCUT2D eigenvalue weighted by Crippen LogP contribution is -2.57. The zero-order chi connectivity index (χ0) is 22.3. The number of likely N-dealkylation sites (tertiary alicyclic amines) is 1. The van der Waals surface area contributed by atoms with E-state index in [0.717, 1.165) is 5.56 Å². The number of hydrogen-bond donors (Lipinski definition) is 1. The number of rotatable bonds is 8. The van der Waals surface area contributed by atoms with Crippen molar-refractivity contribution in [2.45, 2.75) is 65.7 Å². The van der Waals surface area contributed by atoms with E-state index in [-0.39, 0.29) is 37.2 Å². The molecule has 3 atom stereocenters. The summed E-state index contributed by atoms with van der Waals surface area (Å²) in [4.78, 5) is 16.7. The summed E-state index contributed by atoms with van der Waals surface area (Å²) in [7, 11) is 0. The fourth-order valence-electron chi connectivity index (χ4n) is 3.74. The summed E-state index contributed by atoms with van der Waals surface area (Å²) >= 11 is 0. The first-order chi connectivity index (χ1) is 14.1. The summed E-state index contributed by atoms with van der Waals surface area (Å²) in [6, 6.07) is 9.49. The maximum atomic E-state index is 13.0. The molecule has 30 heavy (non-hydrogen) atoms. The first kappa shape index (κ1) is 24.6. The van der Waals surface area contributed by atoms with Gasteiger partial charge in [-0.2, -0.15) is 0 Å². The van der Waals surface area contributed by atoms with E-state index in [0.29, 0.717) is 26.1 Å². The SMILES string of the molecule is CC(C)CN(C(=O)OCc1ccccc1)C1CC(CO)CN(C([OH2+])OC(C)(C)C)C1. The Kier molecular flexibility index (Phi) is 9.09. The molecule has 0 aliphatic carbocycles. The quantitative estimate of drug-likeness (QED) is 0.513. The third-order valence-electron chi connectivity index (χ3n) is 5.04. The molecule has 2 rings (SSSR count). The van der Waals surface area contributed by atoms with E-state index in [1.54, 1.807) is 4.90 Å². The van der Waals surface area contributed by atoms with Crippen molar-refractivity contribution in [3.05, 3.63) is 35.9 Å². The van der Waals surface area contributed by atoms with Gasteiger partial charge in [0.25, 0.3) is 0 Å². The molecule has 1 aromatic rings. The minimum atomic E-state index is -0.844. The molecule has 0 saturated carbocycles. The lowest BCUT2D eigenvalue weighted by atomic mass is 9.93. The second-order valence-electron chi connectivity index (χ2n) is 9.56. The van der Waals surface area contributed by atoms with Crippen molar-refractivity contribution in [1.29, 1.82) is 0 Å². The van der Waals surface area contributed by atoms with Crippen LogP contribution in [0.25, 0.3) is 0 Å². The molecular formula is C23H39N2O5+. The van der Waals surface area contributed by atoms with Crippen molar-refractivity contribution < 1.29 is 24.5 Å². The number of hydrogen-bond acceptors (Lipinski definition) is 5. The maximum Gasteiger partial charge on any atom is 0.410 e. The van der Waals surface area contributed by atoms with Crippen LogP contribution in [0.15, 0.2) is 30.3 Å². The number of piperidine rings is 1. The molecule has 3 unspecified atom stereocenters. The highest BCUT2D eigenvalue weighted by atomic mass is 16.6. The van der Waals surface area contributed by atoms with Crippen molar-refractivity contribution in [1.82, 2.24) is 9.80 Å². The Bertz CT molecular complexity index is 647. The summed E-state index contributed by atoms with van der Waals surface area (Å²) in [5, 5.41) is 18.3. The zero-order valence-corrected chi connectivity index (χ0v) is 19.0. The van der Waals surface area contributed by atoms with Gasteiger partial charge >= 0.3 is 12.5 Å². The molecule has 0 spiro atoms.